The number of aromatic amines is 1. The van der Waals surface area contributed by atoms with E-state index in [1.807, 2.05) is 0 Å². The van der Waals surface area contributed by atoms with Crippen LogP contribution in [0.5, 0.6) is 5.75 Å². The van der Waals surface area contributed by atoms with Crippen molar-refractivity contribution in [1.82, 2.24) is 15.4 Å². The zero-order chi connectivity index (χ0) is 6.97. The number of hydrogen-bond donors (Lipinski definition) is 2. The summed E-state index contributed by atoms with van der Waals surface area (Å²) < 4.78 is 0. The van der Waals surface area contributed by atoms with Crippen LogP contribution in [0.3, 0.4) is 0 Å². The van der Waals surface area contributed by atoms with Crippen LogP contribution >= 0.6 is 0 Å². The minimum absolute atomic E-state index is 0. The van der Waals surface area contributed by atoms with E-state index in [4.69, 9.17) is 5.11 Å². The summed E-state index contributed by atoms with van der Waals surface area (Å²) in [4.78, 5) is 0. The lowest BCUT2D eigenvalue weighted by atomic mass is 10.3. The number of fused-ring (bicyclic) bond motifs is 1. The van der Waals surface area contributed by atoms with Gasteiger partial charge < -0.3 is 16.1 Å². The number of aromatic nitrogens is 3. The molecule has 6 N–H and O–H groups in total. The van der Waals surface area contributed by atoms with Gasteiger partial charge in [-0.15, -0.1) is 5.10 Å². The van der Waals surface area contributed by atoms with Gasteiger partial charge in [0.1, 0.15) is 5.75 Å². The highest BCUT2D eigenvalue weighted by Gasteiger charge is 1.99. The number of nitrogens with one attached hydrogen (secondary N) is 1. The van der Waals surface area contributed by atoms with E-state index in [0.29, 0.717) is 5.52 Å². The Kier molecular flexibility index (Phi) is 3.15. The van der Waals surface area contributed by atoms with Gasteiger partial charge in [-0.05, 0) is 12.1 Å². The van der Waals surface area contributed by atoms with Crippen LogP contribution in [0.15, 0.2) is 18.2 Å². The molecule has 0 unspecified atom stereocenters. The number of H-pyrrole nitrogens is 1. The Bertz CT molecular complexity index is 360. The monoisotopic (exact) mass is 171 g/mol. The van der Waals surface area contributed by atoms with Crippen molar-refractivity contribution in [2.45, 2.75) is 0 Å². The largest absolute Gasteiger partial charge is 0.506 e. The summed E-state index contributed by atoms with van der Waals surface area (Å²) in [5.41, 5.74) is 1.27. The first-order valence-electron chi connectivity index (χ1n) is 2.86. The molecule has 0 radical (unpaired) electrons. The zero-order valence-electron chi connectivity index (χ0n) is 6.07. The summed E-state index contributed by atoms with van der Waals surface area (Å²) in [6.45, 7) is 0. The molecular weight excluding hydrogens is 162 g/mol. The van der Waals surface area contributed by atoms with Crippen molar-refractivity contribution < 1.29 is 16.1 Å². The van der Waals surface area contributed by atoms with Crippen molar-refractivity contribution in [2.24, 2.45) is 0 Å². The molecule has 0 aliphatic heterocycles. The molecule has 2 rings (SSSR count). The average molecular weight is 171 g/mol. The molecule has 0 bridgehead atoms. The normalized spacial score (nSPS) is 8.67. The molecular formula is C6H9N3O3. The first kappa shape index (κ1) is 10.3. The molecule has 6 heteroatoms. The Morgan fingerprint density at radius 2 is 2.00 bits per heavy atom. The van der Waals surface area contributed by atoms with E-state index in [2.05, 4.69) is 15.4 Å². The van der Waals surface area contributed by atoms with Crippen molar-refractivity contribution in [3.8, 4) is 5.75 Å². The topological polar surface area (TPSA) is 125 Å². The number of phenolic OH excluding ortho intramolecular Hbond substituents is 1. The lowest BCUT2D eigenvalue weighted by Gasteiger charge is -1.87. The number of nitrogens with zero attached hydrogens (tertiary/aromatic N) is 2. The zero-order valence-corrected chi connectivity index (χ0v) is 6.07. The van der Waals surface area contributed by atoms with Crippen LogP contribution in [-0.4, -0.2) is 31.5 Å². The predicted octanol–water partition coefficient (Wildman–Crippen LogP) is -0.986. The van der Waals surface area contributed by atoms with Crippen LogP contribution in [-0.2, 0) is 0 Å². The minimum Gasteiger partial charge on any atom is -0.506 e. The van der Waals surface area contributed by atoms with Crippen molar-refractivity contribution >= 4 is 11.0 Å². The van der Waals surface area contributed by atoms with Crippen LogP contribution in [0.1, 0.15) is 0 Å². The highest BCUT2D eigenvalue weighted by Crippen LogP contribution is 2.18. The molecule has 0 atom stereocenters. The standard InChI is InChI=1S/C6H5N3O.2H2O/c10-5-3-1-2-4-6(5)8-9-7-4;;/h1-3,10H,(H,7,8,9);2*1H2. The molecule has 0 fully saturated rings. The maximum atomic E-state index is 9.14. The fraction of sp³-hybridized carbons (Fsp3) is 0. The van der Waals surface area contributed by atoms with Gasteiger partial charge in [-0.3, -0.25) is 5.10 Å². The van der Waals surface area contributed by atoms with Crippen LogP contribution in [0.4, 0.5) is 0 Å². The van der Waals surface area contributed by atoms with E-state index in [-0.39, 0.29) is 16.7 Å². The Hall–Kier alpha value is -1.66. The third-order valence-electron chi connectivity index (χ3n) is 1.34. The molecule has 0 aliphatic rings. The molecule has 1 aromatic heterocycles. The lowest BCUT2D eigenvalue weighted by Crippen LogP contribution is -1.68. The summed E-state index contributed by atoms with van der Waals surface area (Å²) in [6, 6.07) is 5.11. The highest BCUT2D eigenvalue weighted by molar-refractivity contribution is 5.79. The third kappa shape index (κ3) is 1.34. The van der Waals surface area contributed by atoms with E-state index < -0.39 is 0 Å². The SMILES string of the molecule is O.O.Oc1cccc2[nH]nnc12. The van der Waals surface area contributed by atoms with Gasteiger partial charge in [0.05, 0.1) is 5.52 Å². The van der Waals surface area contributed by atoms with Crippen molar-refractivity contribution in [3.63, 3.8) is 0 Å². The van der Waals surface area contributed by atoms with Crippen LogP contribution < -0.4 is 0 Å². The van der Waals surface area contributed by atoms with Gasteiger partial charge >= 0.3 is 0 Å². The number of aromatic hydroxyl groups is 1. The van der Waals surface area contributed by atoms with Gasteiger partial charge in [0.25, 0.3) is 0 Å². The fourth-order valence-electron chi connectivity index (χ4n) is 0.856. The average Bonchev–Trinajstić information content (AvgIpc) is 2.36. The smallest absolute Gasteiger partial charge is 0.154 e. The Morgan fingerprint density at radius 1 is 1.25 bits per heavy atom. The first-order chi connectivity index (χ1) is 4.88. The van der Waals surface area contributed by atoms with Crippen LogP contribution in [0.25, 0.3) is 11.0 Å². The quantitative estimate of drug-likeness (QED) is 0.528. The van der Waals surface area contributed by atoms with Gasteiger partial charge in [0.15, 0.2) is 5.52 Å². The lowest BCUT2D eigenvalue weighted by molar-refractivity contribution is 0.480. The van der Waals surface area contributed by atoms with Gasteiger partial charge in [-0.2, -0.15) is 0 Å². The first-order valence-corrected chi connectivity index (χ1v) is 2.86. The molecule has 0 saturated carbocycles. The van der Waals surface area contributed by atoms with E-state index in [1.54, 1.807) is 18.2 Å². The fourth-order valence-corrected chi connectivity index (χ4v) is 0.856. The number of benzene rings is 1. The summed E-state index contributed by atoms with van der Waals surface area (Å²) >= 11 is 0. The molecule has 12 heavy (non-hydrogen) atoms. The molecule has 0 spiro atoms. The second kappa shape index (κ2) is 3.65. The molecule has 2 aromatic rings. The number of rotatable bonds is 0. The number of hydrogen-bond acceptors (Lipinski definition) is 3. The third-order valence-corrected chi connectivity index (χ3v) is 1.34. The molecule has 0 amide bonds. The van der Waals surface area contributed by atoms with Gasteiger partial charge in [0, 0.05) is 0 Å². The molecule has 1 aromatic carbocycles. The van der Waals surface area contributed by atoms with Gasteiger partial charge in [-0.1, -0.05) is 11.3 Å². The van der Waals surface area contributed by atoms with Crippen LogP contribution in [0.2, 0.25) is 0 Å². The molecule has 0 saturated heterocycles. The van der Waals surface area contributed by atoms with E-state index in [9.17, 15) is 0 Å². The number of phenols is 1. The Balaban J connectivity index is 0.000000605. The van der Waals surface area contributed by atoms with Gasteiger partial charge in [0.2, 0.25) is 0 Å². The second-order valence-electron chi connectivity index (χ2n) is 1.99. The maximum Gasteiger partial charge on any atom is 0.154 e. The van der Waals surface area contributed by atoms with E-state index in [0.717, 1.165) is 5.52 Å². The van der Waals surface area contributed by atoms with Crippen molar-refractivity contribution in [1.29, 1.82) is 0 Å². The van der Waals surface area contributed by atoms with Crippen molar-refractivity contribution in [2.75, 3.05) is 0 Å². The summed E-state index contributed by atoms with van der Waals surface area (Å²) in [5, 5.41) is 19.0. The van der Waals surface area contributed by atoms with Gasteiger partial charge in [-0.25, -0.2) is 0 Å². The van der Waals surface area contributed by atoms with E-state index in [1.165, 1.54) is 0 Å². The molecule has 66 valence electrons. The molecule has 0 aliphatic carbocycles. The summed E-state index contributed by atoms with van der Waals surface area (Å²) in [7, 11) is 0. The Morgan fingerprint density at radius 3 is 2.67 bits per heavy atom. The van der Waals surface area contributed by atoms with Crippen LogP contribution in [0, 0.1) is 0 Å². The molecule has 1 heterocycles. The summed E-state index contributed by atoms with van der Waals surface area (Å²) in [5.74, 6) is 0.159. The second-order valence-corrected chi connectivity index (χ2v) is 1.99. The highest BCUT2D eigenvalue weighted by atomic mass is 16.3. The predicted molar refractivity (Wildman–Crippen MR) is 42.8 cm³/mol. The van der Waals surface area contributed by atoms with E-state index >= 15 is 0 Å². The summed E-state index contributed by atoms with van der Waals surface area (Å²) in [6.07, 6.45) is 0. The maximum absolute atomic E-state index is 9.14. The minimum atomic E-state index is 0. The van der Waals surface area contributed by atoms with Crippen molar-refractivity contribution in [3.05, 3.63) is 18.2 Å². The Labute approximate surface area is 67.5 Å². The molecule has 6 nitrogen and oxygen atoms in total.